The number of sulfonamides is 1. The molecule has 0 fully saturated rings. The monoisotopic (exact) mass is 438 g/mol. The lowest BCUT2D eigenvalue weighted by Crippen LogP contribution is -2.25. The molecule has 0 spiro atoms. The van der Waals surface area contributed by atoms with Gasteiger partial charge in [-0.3, -0.25) is 9.52 Å². The molecule has 6 nitrogen and oxygen atoms in total. The van der Waals surface area contributed by atoms with Crippen molar-refractivity contribution in [2.24, 2.45) is 0 Å². The van der Waals surface area contributed by atoms with E-state index in [9.17, 15) is 13.2 Å². The van der Waals surface area contributed by atoms with Crippen molar-refractivity contribution in [1.29, 1.82) is 0 Å². The summed E-state index contributed by atoms with van der Waals surface area (Å²) in [5, 5.41) is 2.83. The number of amides is 1. The van der Waals surface area contributed by atoms with Gasteiger partial charge in [0, 0.05) is 17.8 Å². The summed E-state index contributed by atoms with van der Waals surface area (Å²) in [5.41, 5.74) is 2.79. The van der Waals surface area contributed by atoms with Gasteiger partial charge in [-0.15, -0.1) is 0 Å². The van der Waals surface area contributed by atoms with E-state index < -0.39 is 10.0 Å². The summed E-state index contributed by atoms with van der Waals surface area (Å²) in [7, 11) is -3.69. The van der Waals surface area contributed by atoms with Gasteiger partial charge in [0.15, 0.2) is 0 Å². The van der Waals surface area contributed by atoms with E-state index in [0.29, 0.717) is 30.8 Å². The Kier molecular flexibility index (Phi) is 7.31. The van der Waals surface area contributed by atoms with Crippen molar-refractivity contribution in [1.82, 2.24) is 5.32 Å². The van der Waals surface area contributed by atoms with Crippen LogP contribution in [0, 0.1) is 13.8 Å². The molecule has 0 atom stereocenters. The number of hydrogen-bond donors (Lipinski definition) is 2. The maximum absolute atomic E-state index is 12.6. The molecule has 0 bridgehead atoms. The third-order valence-electron chi connectivity index (χ3n) is 4.81. The zero-order valence-corrected chi connectivity index (χ0v) is 18.4. The number of ether oxygens (including phenoxy) is 1. The first-order chi connectivity index (χ1) is 14.8. The lowest BCUT2D eigenvalue weighted by Gasteiger charge is -2.11. The van der Waals surface area contributed by atoms with Gasteiger partial charge in [-0.2, -0.15) is 0 Å². The fourth-order valence-corrected chi connectivity index (χ4v) is 4.01. The summed E-state index contributed by atoms with van der Waals surface area (Å²) < 4.78 is 33.3. The maximum Gasteiger partial charge on any atom is 0.261 e. The van der Waals surface area contributed by atoms with E-state index >= 15 is 0 Å². The van der Waals surface area contributed by atoms with Gasteiger partial charge in [0.1, 0.15) is 5.75 Å². The molecule has 0 aliphatic carbocycles. The van der Waals surface area contributed by atoms with Gasteiger partial charge in [-0.25, -0.2) is 8.42 Å². The van der Waals surface area contributed by atoms with Crippen LogP contribution in [-0.4, -0.2) is 27.5 Å². The zero-order chi connectivity index (χ0) is 22.3. The first-order valence-electron chi connectivity index (χ1n) is 10.0. The van der Waals surface area contributed by atoms with Crippen molar-refractivity contribution in [3.05, 3.63) is 89.5 Å². The molecule has 31 heavy (non-hydrogen) atoms. The highest BCUT2D eigenvalue weighted by atomic mass is 32.2. The Morgan fingerprint density at radius 1 is 0.903 bits per heavy atom. The van der Waals surface area contributed by atoms with Crippen LogP contribution in [0.15, 0.2) is 77.7 Å². The molecule has 0 aliphatic rings. The Hall–Kier alpha value is -3.32. The topological polar surface area (TPSA) is 84.5 Å². The van der Waals surface area contributed by atoms with Crippen molar-refractivity contribution < 1.29 is 17.9 Å². The SMILES string of the molecule is Cc1ccc(S(=O)(=O)Nc2ccc(C(=O)NCCCOc3ccccc3)cc2)cc1C. The number of para-hydroxylation sites is 1. The quantitative estimate of drug-likeness (QED) is 0.488. The van der Waals surface area contributed by atoms with Gasteiger partial charge < -0.3 is 10.1 Å². The van der Waals surface area contributed by atoms with Crippen molar-refractivity contribution in [3.63, 3.8) is 0 Å². The molecule has 0 aromatic heterocycles. The Bertz CT molecular complexity index is 1130. The van der Waals surface area contributed by atoms with Crippen LogP contribution < -0.4 is 14.8 Å². The molecule has 3 aromatic rings. The van der Waals surface area contributed by atoms with Crippen LogP contribution in [-0.2, 0) is 10.0 Å². The predicted molar refractivity (Wildman–Crippen MR) is 122 cm³/mol. The highest BCUT2D eigenvalue weighted by molar-refractivity contribution is 7.92. The molecule has 7 heteroatoms. The lowest BCUT2D eigenvalue weighted by atomic mass is 10.1. The molecule has 162 valence electrons. The van der Waals surface area contributed by atoms with Crippen LogP contribution in [0.1, 0.15) is 27.9 Å². The van der Waals surface area contributed by atoms with Gasteiger partial charge in [-0.1, -0.05) is 24.3 Å². The minimum absolute atomic E-state index is 0.204. The molecule has 0 saturated carbocycles. The largest absolute Gasteiger partial charge is 0.494 e. The van der Waals surface area contributed by atoms with Gasteiger partial charge in [0.25, 0.3) is 15.9 Å². The predicted octanol–water partition coefficient (Wildman–Crippen LogP) is 4.30. The van der Waals surface area contributed by atoms with E-state index in [0.717, 1.165) is 16.9 Å². The van der Waals surface area contributed by atoms with Crippen molar-refractivity contribution >= 4 is 21.6 Å². The van der Waals surface area contributed by atoms with Crippen LogP contribution in [0.25, 0.3) is 0 Å². The molecule has 3 rings (SSSR count). The van der Waals surface area contributed by atoms with Crippen LogP contribution in [0.2, 0.25) is 0 Å². The van der Waals surface area contributed by atoms with E-state index in [1.807, 2.05) is 44.2 Å². The molecule has 0 heterocycles. The molecular weight excluding hydrogens is 412 g/mol. The number of rotatable bonds is 9. The first kappa shape index (κ1) is 22.4. The molecule has 1 amide bonds. The summed E-state index contributed by atoms with van der Waals surface area (Å²) in [5.74, 6) is 0.580. The molecule has 0 unspecified atom stereocenters. The van der Waals surface area contributed by atoms with E-state index in [-0.39, 0.29) is 10.8 Å². The second-order valence-corrected chi connectivity index (χ2v) is 8.88. The summed E-state index contributed by atoms with van der Waals surface area (Å²) in [6.45, 7) is 4.78. The number of carbonyl (C=O) groups excluding carboxylic acids is 1. The molecule has 0 radical (unpaired) electrons. The van der Waals surface area contributed by atoms with E-state index in [1.165, 1.54) is 0 Å². The van der Waals surface area contributed by atoms with E-state index in [1.54, 1.807) is 42.5 Å². The highest BCUT2D eigenvalue weighted by Gasteiger charge is 2.15. The molecule has 3 aromatic carbocycles. The van der Waals surface area contributed by atoms with Gasteiger partial charge in [0.05, 0.1) is 11.5 Å². The average molecular weight is 439 g/mol. The smallest absolute Gasteiger partial charge is 0.261 e. The van der Waals surface area contributed by atoms with Gasteiger partial charge >= 0.3 is 0 Å². The number of aryl methyl sites for hydroxylation is 2. The Balaban J connectivity index is 1.49. The zero-order valence-electron chi connectivity index (χ0n) is 17.6. The Morgan fingerprint density at radius 3 is 2.29 bits per heavy atom. The van der Waals surface area contributed by atoms with Crippen LogP contribution in [0.3, 0.4) is 0 Å². The minimum atomic E-state index is -3.69. The number of hydrogen-bond acceptors (Lipinski definition) is 4. The number of anilines is 1. The van der Waals surface area contributed by atoms with Crippen LogP contribution in [0.5, 0.6) is 5.75 Å². The normalized spacial score (nSPS) is 11.0. The molecule has 0 aliphatic heterocycles. The van der Waals surface area contributed by atoms with Gasteiger partial charge in [-0.05, 0) is 79.9 Å². The van der Waals surface area contributed by atoms with Crippen LogP contribution >= 0.6 is 0 Å². The summed E-state index contributed by atoms with van der Waals surface area (Å²) in [6.07, 6.45) is 0.675. The van der Waals surface area contributed by atoms with E-state index in [4.69, 9.17) is 4.74 Å². The number of carbonyl (C=O) groups is 1. The summed E-state index contributed by atoms with van der Waals surface area (Å²) in [6, 6.07) is 20.8. The summed E-state index contributed by atoms with van der Waals surface area (Å²) >= 11 is 0. The standard InChI is InChI=1S/C24H26N2O4S/c1-18-9-14-23(17-19(18)2)31(28,29)26-21-12-10-20(11-13-21)24(27)25-15-6-16-30-22-7-4-3-5-8-22/h3-5,7-14,17,26H,6,15-16H2,1-2H3,(H,25,27). The first-order valence-corrected chi connectivity index (χ1v) is 11.5. The Labute approximate surface area is 183 Å². The summed E-state index contributed by atoms with van der Waals surface area (Å²) in [4.78, 5) is 12.5. The lowest BCUT2D eigenvalue weighted by molar-refractivity contribution is 0.0951. The van der Waals surface area contributed by atoms with Gasteiger partial charge in [0.2, 0.25) is 0 Å². The van der Waals surface area contributed by atoms with Crippen LogP contribution in [0.4, 0.5) is 5.69 Å². The Morgan fingerprint density at radius 2 is 1.61 bits per heavy atom. The average Bonchev–Trinajstić information content (AvgIpc) is 2.76. The molecule has 0 saturated heterocycles. The number of nitrogens with one attached hydrogen (secondary N) is 2. The number of benzene rings is 3. The third kappa shape index (κ3) is 6.33. The maximum atomic E-state index is 12.6. The minimum Gasteiger partial charge on any atom is -0.494 e. The third-order valence-corrected chi connectivity index (χ3v) is 6.19. The van der Waals surface area contributed by atoms with Crippen molar-refractivity contribution in [2.45, 2.75) is 25.2 Å². The van der Waals surface area contributed by atoms with Crippen molar-refractivity contribution in [2.75, 3.05) is 17.9 Å². The fourth-order valence-electron chi connectivity index (χ4n) is 2.87. The molecular formula is C24H26N2O4S. The highest BCUT2D eigenvalue weighted by Crippen LogP contribution is 2.19. The van der Waals surface area contributed by atoms with Crippen molar-refractivity contribution in [3.8, 4) is 5.75 Å². The fraction of sp³-hybridized carbons (Fsp3) is 0.208. The molecule has 2 N–H and O–H groups in total. The second-order valence-electron chi connectivity index (χ2n) is 7.20. The van der Waals surface area contributed by atoms with E-state index in [2.05, 4.69) is 10.0 Å². The second kappa shape index (κ2) is 10.1.